The number of sulfonamides is 2. The first-order valence-corrected chi connectivity index (χ1v) is 24.4. The minimum absolute atomic E-state index is 0.0445. The molecule has 14 nitrogen and oxygen atoms in total. The van der Waals surface area contributed by atoms with Gasteiger partial charge in [0.05, 0.1) is 55.2 Å². The highest BCUT2D eigenvalue weighted by Crippen LogP contribution is 2.24. The van der Waals surface area contributed by atoms with E-state index in [9.17, 15) is 26.4 Å². The lowest BCUT2D eigenvalue weighted by Crippen LogP contribution is -2.45. The van der Waals surface area contributed by atoms with Crippen molar-refractivity contribution < 1.29 is 31.2 Å². The first-order chi connectivity index (χ1) is 29.8. The van der Waals surface area contributed by atoms with Crippen LogP contribution in [-0.4, -0.2) is 153 Å². The van der Waals surface area contributed by atoms with Crippen molar-refractivity contribution in [2.24, 2.45) is 5.73 Å². The number of nitrogens with two attached hydrogens (primary N) is 1. The summed E-state index contributed by atoms with van der Waals surface area (Å²) < 4.78 is 60.8. The number of rotatable bonds is 19. The largest absolute Gasteiger partial charge is 0.465 e. The predicted octanol–water partition coefficient (Wildman–Crippen LogP) is 4.25. The normalized spacial score (nSPS) is 15.6. The zero-order chi connectivity index (χ0) is 44.5. The first kappa shape index (κ1) is 48.4. The summed E-state index contributed by atoms with van der Waals surface area (Å²) in [6.45, 7) is 9.94. The molecule has 336 valence electrons. The number of carbonyl (C=O) groups excluding carboxylic acids is 2. The molecular formula is C46H63N7O7S2. The van der Waals surface area contributed by atoms with Crippen molar-refractivity contribution in [1.82, 2.24) is 19.6 Å². The molecule has 0 radical (unpaired) electrons. The van der Waals surface area contributed by atoms with Gasteiger partial charge in [-0.25, -0.2) is 21.6 Å². The van der Waals surface area contributed by atoms with E-state index in [0.717, 1.165) is 76.6 Å². The Morgan fingerprint density at radius 2 is 0.935 bits per heavy atom. The Kier molecular flexibility index (Phi) is 18.5. The van der Waals surface area contributed by atoms with Crippen molar-refractivity contribution in [1.29, 1.82) is 0 Å². The fourth-order valence-corrected chi connectivity index (χ4v) is 10.3. The summed E-state index contributed by atoms with van der Waals surface area (Å²) in [6, 6.07) is 32.1. The number of nitrogens with zero attached hydrogens (tertiary/aromatic N) is 6. The number of hydrogen-bond acceptors (Lipinski definition) is 12. The summed E-state index contributed by atoms with van der Waals surface area (Å²) in [5.41, 5.74) is 9.30. The molecule has 4 aromatic carbocycles. The molecule has 0 spiro atoms. The van der Waals surface area contributed by atoms with Crippen LogP contribution in [0.15, 0.2) is 109 Å². The third-order valence-corrected chi connectivity index (χ3v) is 14.8. The van der Waals surface area contributed by atoms with Gasteiger partial charge in [0.1, 0.15) is 0 Å². The smallest absolute Gasteiger partial charge is 0.337 e. The standard InChI is InChI=1S/C23H32N4O3S.C23H31N3O4S/c1-25-13-15-26(16-14-25)12-5-17-31(29,30)27(22-6-3-2-4-7-22)19-20-8-10-21(11-9-20)23(28)18-24;1-24-14-16-25(17-15-24)13-6-18-31(28,29)26(22-7-4-3-5-8-22)19-20-9-11-21(12-10-20)23(27)30-2/h2-4,6-11H,5,12-19,24H2,1H3;3-5,7-12H,6,13-19H2,1-2H3. The minimum atomic E-state index is -3.51. The number of ketones is 1. The highest BCUT2D eigenvalue weighted by Gasteiger charge is 2.25. The van der Waals surface area contributed by atoms with Gasteiger partial charge in [0.2, 0.25) is 20.0 Å². The van der Waals surface area contributed by atoms with Gasteiger partial charge in [0.25, 0.3) is 0 Å². The van der Waals surface area contributed by atoms with Crippen LogP contribution in [0.2, 0.25) is 0 Å². The number of carbonyl (C=O) groups is 2. The van der Waals surface area contributed by atoms with Crippen molar-refractivity contribution in [3.63, 3.8) is 0 Å². The summed E-state index contributed by atoms with van der Waals surface area (Å²) in [6.07, 6.45) is 1.19. The fourth-order valence-electron chi connectivity index (χ4n) is 7.30. The van der Waals surface area contributed by atoms with Crippen molar-refractivity contribution in [3.8, 4) is 0 Å². The van der Waals surface area contributed by atoms with Crippen LogP contribution in [0.1, 0.15) is 44.7 Å². The number of esters is 1. The number of benzene rings is 4. The second-order valence-corrected chi connectivity index (χ2v) is 19.9. The lowest BCUT2D eigenvalue weighted by atomic mass is 10.1. The third kappa shape index (κ3) is 14.7. The van der Waals surface area contributed by atoms with Gasteiger partial charge in [-0.3, -0.25) is 13.4 Å². The van der Waals surface area contributed by atoms with Gasteiger partial charge < -0.3 is 30.1 Å². The van der Waals surface area contributed by atoms with Crippen LogP contribution in [0.3, 0.4) is 0 Å². The second kappa shape index (κ2) is 23.7. The van der Waals surface area contributed by atoms with Gasteiger partial charge in [0, 0.05) is 57.9 Å². The second-order valence-electron chi connectivity index (χ2n) is 15.8. The average molecular weight is 890 g/mol. The number of methoxy groups -OCH3 is 1. The maximum Gasteiger partial charge on any atom is 0.337 e. The summed E-state index contributed by atoms with van der Waals surface area (Å²) in [5.74, 6) is -0.363. The number of ether oxygens (including phenoxy) is 1. The molecule has 4 aromatic rings. The Balaban J connectivity index is 0.000000234. The Morgan fingerprint density at radius 1 is 0.565 bits per heavy atom. The summed E-state index contributed by atoms with van der Waals surface area (Å²) in [5, 5.41) is 0. The molecule has 2 aliphatic heterocycles. The molecule has 0 saturated carbocycles. The quantitative estimate of drug-likeness (QED) is 0.106. The van der Waals surface area contributed by atoms with E-state index >= 15 is 0 Å². The van der Waals surface area contributed by atoms with Crippen LogP contribution in [-0.2, 0) is 37.9 Å². The monoisotopic (exact) mass is 889 g/mol. The van der Waals surface area contributed by atoms with Crippen molar-refractivity contribution in [2.75, 3.05) is 113 Å². The molecule has 62 heavy (non-hydrogen) atoms. The van der Waals surface area contributed by atoms with Gasteiger partial charge in [-0.2, -0.15) is 0 Å². The molecule has 0 bridgehead atoms. The molecule has 0 aromatic heterocycles. The van der Waals surface area contributed by atoms with Gasteiger partial charge in [-0.15, -0.1) is 0 Å². The minimum Gasteiger partial charge on any atom is -0.465 e. The highest BCUT2D eigenvalue weighted by molar-refractivity contribution is 7.93. The molecule has 0 unspecified atom stereocenters. The van der Waals surface area contributed by atoms with E-state index in [1.54, 1.807) is 60.7 Å². The number of piperazine rings is 2. The molecule has 0 aliphatic carbocycles. The zero-order valence-corrected chi connectivity index (χ0v) is 38.0. The number of para-hydroxylation sites is 2. The summed E-state index contributed by atoms with van der Waals surface area (Å²) in [7, 11) is -1.47. The van der Waals surface area contributed by atoms with Crippen LogP contribution in [0.4, 0.5) is 11.4 Å². The Bertz CT molecular complexity index is 2040. The van der Waals surface area contributed by atoms with Crippen LogP contribution >= 0.6 is 0 Å². The van der Waals surface area contributed by atoms with E-state index in [2.05, 4.69) is 33.7 Å². The predicted molar refractivity (Wildman–Crippen MR) is 248 cm³/mol. The van der Waals surface area contributed by atoms with Crippen LogP contribution in [0, 0.1) is 0 Å². The van der Waals surface area contributed by atoms with E-state index in [1.165, 1.54) is 15.7 Å². The van der Waals surface area contributed by atoms with E-state index in [4.69, 9.17) is 10.5 Å². The van der Waals surface area contributed by atoms with E-state index in [-0.39, 0.29) is 36.9 Å². The highest BCUT2D eigenvalue weighted by atomic mass is 32.2. The van der Waals surface area contributed by atoms with Gasteiger partial charge in [0.15, 0.2) is 5.78 Å². The zero-order valence-electron chi connectivity index (χ0n) is 36.3. The number of hydrogen-bond donors (Lipinski definition) is 1. The van der Waals surface area contributed by atoms with E-state index < -0.39 is 26.0 Å². The lowest BCUT2D eigenvalue weighted by molar-refractivity contribution is 0.0600. The van der Waals surface area contributed by atoms with Crippen LogP contribution in [0.25, 0.3) is 0 Å². The molecule has 2 N–H and O–H groups in total. The molecule has 16 heteroatoms. The average Bonchev–Trinajstić information content (AvgIpc) is 3.29. The number of anilines is 2. The lowest BCUT2D eigenvalue weighted by Gasteiger charge is -2.32. The first-order valence-electron chi connectivity index (χ1n) is 21.2. The molecule has 0 amide bonds. The summed E-state index contributed by atoms with van der Waals surface area (Å²) >= 11 is 0. The number of likely N-dealkylation sites (N-methyl/N-ethyl adjacent to an activating group) is 2. The Morgan fingerprint density at radius 3 is 1.29 bits per heavy atom. The van der Waals surface area contributed by atoms with Gasteiger partial charge >= 0.3 is 5.97 Å². The molecular weight excluding hydrogens is 827 g/mol. The summed E-state index contributed by atoms with van der Waals surface area (Å²) in [4.78, 5) is 32.6. The van der Waals surface area contributed by atoms with Crippen molar-refractivity contribution >= 4 is 43.2 Å². The maximum absolute atomic E-state index is 13.3. The SMILES string of the molecule is CN1CCN(CCCS(=O)(=O)N(Cc2ccc(C(=O)CN)cc2)c2ccccc2)CC1.COC(=O)c1ccc(CN(c2ccccc2)S(=O)(=O)CCCN2CCN(C)CC2)cc1. The third-order valence-electron chi connectivity index (χ3n) is 11.2. The maximum atomic E-state index is 13.3. The Hall–Kier alpha value is -4.68. The van der Waals surface area contributed by atoms with E-state index in [0.29, 0.717) is 35.3 Å². The van der Waals surface area contributed by atoms with Gasteiger partial charge in [-0.05, 0) is 87.6 Å². The fraction of sp³-hybridized carbons (Fsp3) is 0.435. The van der Waals surface area contributed by atoms with Crippen LogP contribution in [0.5, 0.6) is 0 Å². The molecule has 2 fully saturated rings. The van der Waals surface area contributed by atoms with Crippen molar-refractivity contribution in [3.05, 3.63) is 131 Å². The van der Waals surface area contributed by atoms with Gasteiger partial charge in [-0.1, -0.05) is 72.8 Å². The molecule has 2 heterocycles. The van der Waals surface area contributed by atoms with Crippen molar-refractivity contribution in [2.45, 2.75) is 25.9 Å². The van der Waals surface area contributed by atoms with E-state index in [1.807, 2.05) is 48.5 Å². The molecule has 0 atom stereocenters. The molecule has 2 saturated heterocycles. The number of Topliss-reactive ketones (excluding diaryl/α,β-unsaturated/α-hetero) is 1. The Labute approximate surface area is 368 Å². The molecule has 2 aliphatic rings. The topological polar surface area (TPSA) is 157 Å². The van der Waals surface area contributed by atoms with Crippen LogP contribution < -0.4 is 14.3 Å². The molecule has 6 rings (SSSR count).